The zero-order chi connectivity index (χ0) is 22.4. The summed E-state index contributed by atoms with van der Waals surface area (Å²) in [4.78, 5) is 50.5. The Labute approximate surface area is 172 Å². The van der Waals surface area contributed by atoms with Crippen LogP contribution in [0.3, 0.4) is 0 Å². The zero-order valence-electron chi connectivity index (χ0n) is 16.7. The molecule has 10 heteroatoms. The molecule has 1 aromatic heterocycles. The van der Waals surface area contributed by atoms with Gasteiger partial charge in [-0.05, 0) is 17.5 Å². The van der Waals surface area contributed by atoms with E-state index in [9.17, 15) is 24.3 Å². The van der Waals surface area contributed by atoms with Gasteiger partial charge in [0, 0.05) is 23.5 Å². The van der Waals surface area contributed by atoms with Gasteiger partial charge >= 0.3 is 11.9 Å². The molecule has 0 saturated heterocycles. The molecule has 0 aliphatic carbocycles. The molecule has 2 aromatic rings. The molecule has 2 rings (SSSR count). The SMILES string of the molecule is CC(C)C(NC(=O)C(Cc1c[nH]c2ccccc12)NC(=O)C(N)CC(=O)O)C(=O)O. The van der Waals surface area contributed by atoms with Gasteiger partial charge in [0.1, 0.15) is 12.1 Å². The quantitative estimate of drug-likeness (QED) is 0.320. The van der Waals surface area contributed by atoms with Crippen molar-refractivity contribution in [2.75, 3.05) is 0 Å². The van der Waals surface area contributed by atoms with Crippen LogP contribution in [0.1, 0.15) is 25.8 Å². The first-order valence-electron chi connectivity index (χ1n) is 9.46. The van der Waals surface area contributed by atoms with E-state index in [0.717, 1.165) is 16.5 Å². The summed E-state index contributed by atoms with van der Waals surface area (Å²) in [6.07, 6.45) is 1.16. The van der Waals surface area contributed by atoms with Crippen molar-refractivity contribution in [2.45, 2.75) is 44.8 Å². The van der Waals surface area contributed by atoms with Gasteiger partial charge in [0.05, 0.1) is 12.5 Å². The Hall–Kier alpha value is -3.40. The summed E-state index contributed by atoms with van der Waals surface area (Å²) in [6.45, 7) is 3.30. The highest BCUT2D eigenvalue weighted by Gasteiger charge is 2.30. The van der Waals surface area contributed by atoms with E-state index >= 15 is 0 Å². The number of nitrogens with two attached hydrogens (primary N) is 1. The zero-order valence-corrected chi connectivity index (χ0v) is 16.7. The number of aromatic nitrogens is 1. The number of carboxylic acid groups (broad SMARTS) is 2. The van der Waals surface area contributed by atoms with Crippen LogP contribution in [0.2, 0.25) is 0 Å². The van der Waals surface area contributed by atoms with Crippen LogP contribution >= 0.6 is 0 Å². The van der Waals surface area contributed by atoms with E-state index in [4.69, 9.17) is 10.8 Å². The number of fused-ring (bicyclic) bond motifs is 1. The fourth-order valence-electron chi connectivity index (χ4n) is 3.06. The van der Waals surface area contributed by atoms with E-state index in [-0.39, 0.29) is 12.3 Å². The van der Waals surface area contributed by atoms with Crippen molar-refractivity contribution in [1.29, 1.82) is 0 Å². The lowest BCUT2D eigenvalue weighted by molar-refractivity contribution is -0.143. The van der Waals surface area contributed by atoms with E-state index in [1.54, 1.807) is 20.0 Å². The normalized spacial score (nSPS) is 14.1. The van der Waals surface area contributed by atoms with Gasteiger partial charge in [-0.2, -0.15) is 0 Å². The largest absolute Gasteiger partial charge is 0.481 e. The number of hydrogen-bond donors (Lipinski definition) is 6. The number of carbonyl (C=O) groups is 4. The summed E-state index contributed by atoms with van der Waals surface area (Å²) in [7, 11) is 0. The van der Waals surface area contributed by atoms with Gasteiger partial charge in [-0.1, -0.05) is 32.0 Å². The molecule has 0 bridgehead atoms. The first kappa shape index (κ1) is 22.9. The van der Waals surface area contributed by atoms with Crippen molar-refractivity contribution < 1.29 is 29.4 Å². The molecule has 0 aliphatic heterocycles. The van der Waals surface area contributed by atoms with Crippen molar-refractivity contribution in [2.24, 2.45) is 11.7 Å². The van der Waals surface area contributed by atoms with E-state index in [0.29, 0.717) is 0 Å². The number of rotatable bonds is 10. The summed E-state index contributed by atoms with van der Waals surface area (Å²) in [6, 6.07) is 3.75. The van der Waals surface area contributed by atoms with E-state index in [2.05, 4.69) is 15.6 Å². The molecule has 2 amide bonds. The number of amides is 2. The lowest BCUT2D eigenvalue weighted by Crippen LogP contribution is -2.56. The van der Waals surface area contributed by atoms with Crippen LogP contribution in [0.4, 0.5) is 0 Å². The number of carbonyl (C=O) groups excluding carboxylic acids is 2. The first-order chi connectivity index (χ1) is 14.1. The summed E-state index contributed by atoms with van der Waals surface area (Å²) in [5.41, 5.74) is 7.17. The Bertz CT molecular complexity index is 938. The minimum Gasteiger partial charge on any atom is -0.481 e. The smallest absolute Gasteiger partial charge is 0.326 e. The number of nitrogens with one attached hydrogen (secondary N) is 3. The number of aromatic amines is 1. The second-order valence-corrected chi connectivity index (χ2v) is 7.40. The second-order valence-electron chi connectivity index (χ2n) is 7.40. The molecular weight excluding hydrogens is 392 g/mol. The van der Waals surface area contributed by atoms with Crippen LogP contribution in [0, 0.1) is 5.92 Å². The minimum atomic E-state index is -1.35. The standard InChI is InChI=1S/C20H26N4O6/c1-10(2)17(20(29)30)24-19(28)15(23-18(27)13(21)8-16(25)26)7-11-9-22-14-6-4-3-5-12(11)14/h3-6,9-10,13,15,17,22H,7-8,21H2,1-2H3,(H,23,27)(H,24,28)(H,25,26)(H,29,30). The molecule has 0 aliphatic rings. The van der Waals surface area contributed by atoms with Crippen LogP contribution in [0.25, 0.3) is 10.9 Å². The van der Waals surface area contributed by atoms with Crippen molar-refractivity contribution >= 4 is 34.7 Å². The summed E-state index contributed by atoms with van der Waals surface area (Å²) < 4.78 is 0. The molecule has 0 radical (unpaired) electrons. The number of para-hydroxylation sites is 1. The van der Waals surface area contributed by atoms with Crippen LogP contribution < -0.4 is 16.4 Å². The Morgan fingerprint density at radius 3 is 2.33 bits per heavy atom. The minimum absolute atomic E-state index is 0.0613. The summed E-state index contributed by atoms with van der Waals surface area (Å²) in [5.74, 6) is -4.34. The molecule has 30 heavy (non-hydrogen) atoms. The van der Waals surface area contributed by atoms with E-state index < -0.39 is 48.3 Å². The van der Waals surface area contributed by atoms with Crippen LogP contribution in [0.5, 0.6) is 0 Å². The number of carboxylic acids is 2. The lowest BCUT2D eigenvalue weighted by atomic mass is 10.0. The van der Waals surface area contributed by atoms with Gasteiger partial charge < -0.3 is 31.6 Å². The average Bonchev–Trinajstić information content (AvgIpc) is 3.07. The van der Waals surface area contributed by atoms with Crippen LogP contribution in [0.15, 0.2) is 30.5 Å². The number of H-pyrrole nitrogens is 1. The van der Waals surface area contributed by atoms with Crippen molar-refractivity contribution in [3.8, 4) is 0 Å². The van der Waals surface area contributed by atoms with Gasteiger partial charge in [0.15, 0.2) is 0 Å². The Kier molecular flexibility index (Phi) is 7.54. The first-order valence-corrected chi connectivity index (χ1v) is 9.46. The van der Waals surface area contributed by atoms with Gasteiger partial charge in [0.2, 0.25) is 11.8 Å². The van der Waals surface area contributed by atoms with Crippen LogP contribution in [-0.2, 0) is 25.6 Å². The third kappa shape index (κ3) is 5.80. The highest BCUT2D eigenvalue weighted by Crippen LogP contribution is 2.19. The van der Waals surface area contributed by atoms with E-state index in [1.807, 2.05) is 24.3 Å². The van der Waals surface area contributed by atoms with Crippen molar-refractivity contribution in [3.63, 3.8) is 0 Å². The molecule has 1 aromatic carbocycles. The Balaban J connectivity index is 2.26. The molecule has 0 saturated carbocycles. The van der Waals surface area contributed by atoms with Gasteiger partial charge in [-0.15, -0.1) is 0 Å². The van der Waals surface area contributed by atoms with Gasteiger partial charge in [0.25, 0.3) is 0 Å². The monoisotopic (exact) mass is 418 g/mol. The van der Waals surface area contributed by atoms with Crippen molar-refractivity contribution in [1.82, 2.24) is 15.6 Å². The lowest BCUT2D eigenvalue weighted by Gasteiger charge is -2.24. The molecule has 0 spiro atoms. The molecule has 1 heterocycles. The highest BCUT2D eigenvalue weighted by atomic mass is 16.4. The maximum atomic E-state index is 12.8. The highest BCUT2D eigenvalue weighted by molar-refractivity contribution is 5.94. The van der Waals surface area contributed by atoms with Gasteiger partial charge in [-0.3, -0.25) is 14.4 Å². The predicted molar refractivity (Wildman–Crippen MR) is 109 cm³/mol. The second kappa shape index (κ2) is 9.88. The molecule has 3 atom stereocenters. The third-order valence-electron chi connectivity index (χ3n) is 4.69. The molecule has 10 nitrogen and oxygen atoms in total. The molecule has 0 fully saturated rings. The Morgan fingerprint density at radius 1 is 1.07 bits per heavy atom. The summed E-state index contributed by atoms with van der Waals surface area (Å²) >= 11 is 0. The maximum absolute atomic E-state index is 12.8. The van der Waals surface area contributed by atoms with Crippen LogP contribution in [-0.4, -0.2) is 57.1 Å². The molecule has 3 unspecified atom stereocenters. The molecule has 162 valence electrons. The fourth-order valence-corrected chi connectivity index (χ4v) is 3.06. The molecule has 7 N–H and O–H groups in total. The van der Waals surface area contributed by atoms with Crippen molar-refractivity contribution in [3.05, 3.63) is 36.0 Å². The summed E-state index contributed by atoms with van der Waals surface area (Å²) in [5, 5.41) is 23.9. The van der Waals surface area contributed by atoms with E-state index in [1.165, 1.54) is 0 Å². The molecular formula is C20H26N4O6. The maximum Gasteiger partial charge on any atom is 0.326 e. The fraction of sp³-hybridized carbons (Fsp3) is 0.400. The van der Waals surface area contributed by atoms with Gasteiger partial charge in [-0.25, -0.2) is 4.79 Å². The number of benzene rings is 1. The Morgan fingerprint density at radius 2 is 1.73 bits per heavy atom. The third-order valence-corrected chi connectivity index (χ3v) is 4.69. The topological polar surface area (TPSA) is 175 Å². The average molecular weight is 418 g/mol. The number of aliphatic carboxylic acids is 2. The predicted octanol–water partition coefficient (Wildman–Crippen LogP) is 0.223. The number of hydrogen-bond acceptors (Lipinski definition) is 5.